The summed E-state index contributed by atoms with van der Waals surface area (Å²) in [7, 11) is 0. The van der Waals surface area contributed by atoms with E-state index < -0.39 is 28.7 Å². The average Bonchev–Trinajstić information content (AvgIpc) is 3.08. The molecule has 3 amide bonds. The predicted octanol–water partition coefficient (Wildman–Crippen LogP) is 3.81. The lowest BCUT2D eigenvalue weighted by Crippen LogP contribution is -2.51. The molecule has 33 heavy (non-hydrogen) atoms. The van der Waals surface area contributed by atoms with Gasteiger partial charge in [-0.25, -0.2) is 0 Å². The molecule has 4 rings (SSSR count). The third-order valence-corrected chi connectivity index (χ3v) is 6.15. The van der Waals surface area contributed by atoms with Crippen molar-refractivity contribution >= 4 is 23.4 Å². The Labute approximate surface area is 191 Å². The highest BCUT2D eigenvalue weighted by atomic mass is 16.6. The number of nitro benzene ring substituents is 1. The molecule has 0 radical (unpaired) electrons. The van der Waals surface area contributed by atoms with Crippen molar-refractivity contribution in [3.05, 3.63) is 87.0 Å². The largest absolute Gasteiger partial charge is 0.354 e. The molecule has 1 N–H and O–H groups in total. The van der Waals surface area contributed by atoms with Gasteiger partial charge >= 0.3 is 0 Å². The number of benzene rings is 2. The molecule has 8 heteroatoms. The molecule has 0 saturated heterocycles. The number of carbonyl (C=O) groups is 3. The molecule has 0 aromatic heterocycles. The number of nitrogens with one attached hydrogen (secondary N) is 1. The molecule has 1 atom stereocenters. The quantitative estimate of drug-likeness (QED) is 0.286. The fourth-order valence-electron chi connectivity index (χ4n) is 4.36. The zero-order valence-corrected chi connectivity index (χ0v) is 18.2. The summed E-state index contributed by atoms with van der Waals surface area (Å²) < 4.78 is 0. The Kier molecular flexibility index (Phi) is 6.63. The first kappa shape index (κ1) is 22.4. The lowest BCUT2D eigenvalue weighted by molar-refractivity contribution is -0.384. The maximum Gasteiger partial charge on any atom is 0.269 e. The molecule has 8 nitrogen and oxygen atoms in total. The fraction of sp³-hybridized carbons (Fsp3) is 0.320. The first-order valence-electron chi connectivity index (χ1n) is 11.1. The van der Waals surface area contributed by atoms with E-state index in [-0.39, 0.29) is 23.2 Å². The monoisotopic (exact) mass is 447 g/mol. The molecule has 0 saturated carbocycles. The van der Waals surface area contributed by atoms with Gasteiger partial charge in [-0.1, -0.05) is 35.9 Å². The van der Waals surface area contributed by atoms with Crippen LogP contribution >= 0.6 is 0 Å². The Morgan fingerprint density at radius 3 is 2.27 bits per heavy atom. The molecule has 0 unspecified atom stereocenters. The van der Waals surface area contributed by atoms with Gasteiger partial charge in [-0.3, -0.25) is 29.4 Å². The second-order valence-electron chi connectivity index (χ2n) is 8.32. The number of nitro groups is 1. The number of imide groups is 1. The highest BCUT2D eigenvalue weighted by molar-refractivity contribution is 6.22. The normalized spacial score (nSPS) is 16.2. The molecule has 1 aliphatic heterocycles. The molecule has 0 fully saturated rings. The van der Waals surface area contributed by atoms with Crippen LogP contribution in [-0.4, -0.2) is 40.1 Å². The van der Waals surface area contributed by atoms with Crippen LogP contribution in [0, 0.1) is 10.1 Å². The summed E-state index contributed by atoms with van der Waals surface area (Å²) in [4.78, 5) is 50.7. The standard InChI is InChI=1S/C25H25N3O5/c29-23(26-15-14-17-6-2-1-3-7-17)22(16-18-10-12-19(13-11-18)28(32)33)27-24(30)20-8-4-5-9-21(20)25(27)31/h4-6,8-13,22H,1-3,7,14-16H2,(H,26,29)/t22-/m0/s1. The van der Waals surface area contributed by atoms with Crippen molar-refractivity contribution in [3.8, 4) is 0 Å². The first-order valence-corrected chi connectivity index (χ1v) is 11.1. The van der Waals surface area contributed by atoms with Gasteiger partial charge < -0.3 is 5.32 Å². The second-order valence-corrected chi connectivity index (χ2v) is 8.32. The third-order valence-electron chi connectivity index (χ3n) is 6.15. The summed E-state index contributed by atoms with van der Waals surface area (Å²) in [5, 5.41) is 13.8. The van der Waals surface area contributed by atoms with Crippen molar-refractivity contribution in [2.75, 3.05) is 6.54 Å². The smallest absolute Gasteiger partial charge is 0.269 e. The molecule has 1 aliphatic carbocycles. The van der Waals surface area contributed by atoms with Crippen molar-refractivity contribution in [2.45, 2.75) is 44.6 Å². The Balaban J connectivity index is 1.54. The first-order chi connectivity index (χ1) is 16.0. The molecular weight excluding hydrogens is 422 g/mol. The third kappa shape index (κ3) is 4.84. The van der Waals surface area contributed by atoms with Gasteiger partial charge in [0.2, 0.25) is 5.91 Å². The van der Waals surface area contributed by atoms with Gasteiger partial charge in [0.1, 0.15) is 6.04 Å². The summed E-state index contributed by atoms with van der Waals surface area (Å²) in [6.07, 6.45) is 7.44. The summed E-state index contributed by atoms with van der Waals surface area (Å²) in [5.74, 6) is -1.43. The molecule has 0 spiro atoms. The summed E-state index contributed by atoms with van der Waals surface area (Å²) >= 11 is 0. The van der Waals surface area contributed by atoms with Crippen molar-refractivity contribution in [3.63, 3.8) is 0 Å². The maximum absolute atomic E-state index is 13.2. The van der Waals surface area contributed by atoms with Crippen LogP contribution in [0.2, 0.25) is 0 Å². The maximum atomic E-state index is 13.2. The minimum absolute atomic E-state index is 0.0675. The number of carbonyl (C=O) groups excluding carboxylic acids is 3. The predicted molar refractivity (Wildman–Crippen MR) is 122 cm³/mol. The lowest BCUT2D eigenvalue weighted by atomic mass is 9.97. The van der Waals surface area contributed by atoms with Crippen molar-refractivity contribution in [1.82, 2.24) is 10.2 Å². The molecule has 170 valence electrons. The van der Waals surface area contributed by atoms with E-state index in [0.29, 0.717) is 12.1 Å². The Bertz CT molecular complexity index is 1090. The number of hydrogen-bond acceptors (Lipinski definition) is 5. The number of fused-ring (bicyclic) bond motifs is 1. The Hall–Kier alpha value is -3.81. The van der Waals surface area contributed by atoms with Crippen molar-refractivity contribution in [2.24, 2.45) is 0 Å². The van der Waals surface area contributed by atoms with Gasteiger partial charge in [-0.15, -0.1) is 0 Å². The van der Waals surface area contributed by atoms with Gasteiger partial charge in [0.05, 0.1) is 16.1 Å². The molecule has 0 bridgehead atoms. The van der Waals surface area contributed by atoms with Crippen LogP contribution in [0.5, 0.6) is 0 Å². The van der Waals surface area contributed by atoms with E-state index in [4.69, 9.17) is 0 Å². The number of nitrogens with zero attached hydrogens (tertiary/aromatic N) is 2. The summed E-state index contributed by atoms with van der Waals surface area (Å²) in [5.41, 5.74) is 2.41. The van der Waals surface area contributed by atoms with Crippen LogP contribution in [0.15, 0.2) is 60.2 Å². The Morgan fingerprint density at radius 1 is 1.03 bits per heavy atom. The molecular formula is C25H25N3O5. The van der Waals surface area contributed by atoms with Gasteiger partial charge in [0.15, 0.2) is 0 Å². The topological polar surface area (TPSA) is 110 Å². The molecule has 1 heterocycles. The van der Waals surface area contributed by atoms with E-state index in [9.17, 15) is 24.5 Å². The molecule has 2 aromatic rings. The van der Waals surface area contributed by atoms with E-state index >= 15 is 0 Å². The van der Waals surface area contributed by atoms with E-state index in [1.165, 1.54) is 24.1 Å². The zero-order valence-electron chi connectivity index (χ0n) is 18.2. The SMILES string of the molecule is O=C(NCCC1=CCCCC1)[C@H](Cc1ccc([N+](=O)[O-])cc1)N1C(=O)c2ccccc2C1=O. The van der Waals surface area contributed by atoms with Crippen LogP contribution in [-0.2, 0) is 11.2 Å². The minimum atomic E-state index is -1.06. The minimum Gasteiger partial charge on any atom is -0.354 e. The van der Waals surface area contributed by atoms with Gasteiger partial charge in [-0.2, -0.15) is 0 Å². The van der Waals surface area contributed by atoms with Gasteiger partial charge in [0, 0.05) is 25.1 Å². The van der Waals surface area contributed by atoms with Gasteiger partial charge in [0.25, 0.3) is 17.5 Å². The van der Waals surface area contributed by atoms with Crippen molar-refractivity contribution < 1.29 is 19.3 Å². The molecule has 2 aliphatic rings. The highest BCUT2D eigenvalue weighted by Gasteiger charge is 2.42. The van der Waals surface area contributed by atoms with Crippen molar-refractivity contribution in [1.29, 1.82) is 0 Å². The van der Waals surface area contributed by atoms with E-state index in [1.807, 2.05) is 0 Å². The van der Waals surface area contributed by atoms with Gasteiger partial charge in [-0.05, 0) is 49.8 Å². The average molecular weight is 447 g/mol. The van der Waals surface area contributed by atoms with Crippen LogP contribution in [0.1, 0.15) is 58.4 Å². The fourth-order valence-corrected chi connectivity index (χ4v) is 4.36. The number of non-ortho nitro benzene ring substituents is 1. The van der Waals surface area contributed by atoms with Crippen LogP contribution in [0.25, 0.3) is 0 Å². The van der Waals surface area contributed by atoms with E-state index in [1.54, 1.807) is 36.4 Å². The van der Waals surface area contributed by atoms with E-state index in [2.05, 4.69) is 11.4 Å². The Morgan fingerprint density at radius 2 is 1.70 bits per heavy atom. The number of hydrogen-bond donors (Lipinski definition) is 1. The summed E-state index contributed by atoms with van der Waals surface area (Å²) in [6.45, 7) is 0.421. The number of rotatable bonds is 8. The van der Waals surface area contributed by atoms with Crippen LogP contribution < -0.4 is 5.32 Å². The second kappa shape index (κ2) is 9.77. The zero-order chi connectivity index (χ0) is 23.4. The molecule has 2 aromatic carbocycles. The number of amides is 3. The summed E-state index contributed by atoms with van der Waals surface area (Å²) in [6, 6.07) is 11.2. The number of allylic oxidation sites excluding steroid dienone is 1. The lowest BCUT2D eigenvalue weighted by Gasteiger charge is -2.26. The van der Waals surface area contributed by atoms with E-state index in [0.717, 1.165) is 30.6 Å². The highest BCUT2D eigenvalue weighted by Crippen LogP contribution is 2.27. The van der Waals surface area contributed by atoms with Crippen LogP contribution in [0.4, 0.5) is 5.69 Å². The van der Waals surface area contributed by atoms with Crippen LogP contribution in [0.3, 0.4) is 0 Å².